The molecule has 1 aliphatic carbocycles. The number of aromatic amines is 1. The summed E-state index contributed by atoms with van der Waals surface area (Å²) in [5, 5.41) is 16.2. The number of aromatic nitrogens is 2. The number of fused-ring (bicyclic) bond motifs is 1. The van der Waals surface area contributed by atoms with Crippen LogP contribution in [0.15, 0.2) is 6.20 Å². The number of H-pyrrole nitrogens is 1. The second-order valence-corrected chi connectivity index (χ2v) is 3.90. The molecule has 0 spiro atoms. The predicted octanol–water partition coefficient (Wildman–Crippen LogP) is 0.138. The first kappa shape index (κ1) is 8.72. The van der Waals surface area contributed by atoms with Gasteiger partial charge in [-0.1, -0.05) is 6.92 Å². The van der Waals surface area contributed by atoms with E-state index in [-0.39, 0.29) is 6.61 Å². The lowest BCUT2D eigenvalue weighted by atomic mass is 9.73. The van der Waals surface area contributed by atoms with E-state index in [0.717, 1.165) is 24.1 Å². The minimum absolute atomic E-state index is 0.0132. The highest BCUT2D eigenvalue weighted by Gasteiger charge is 2.39. The summed E-state index contributed by atoms with van der Waals surface area (Å²) in [6.45, 7) is 2.06. The fourth-order valence-electron chi connectivity index (χ4n) is 2.03. The lowest BCUT2D eigenvalue weighted by Gasteiger charge is -2.37. The van der Waals surface area contributed by atoms with Gasteiger partial charge in [0.25, 0.3) is 0 Å². The average Bonchev–Trinajstić information content (AvgIpc) is 2.60. The predicted molar refractivity (Wildman–Crippen MR) is 49.0 cm³/mol. The van der Waals surface area contributed by atoms with E-state index in [9.17, 15) is 5.11 Å². The number of aryl methyl sites for hydroxylation is 1. The van der Waals surface area contributed by atoms with E-state index in [4.69, 9.17) is 5.73 Å². The molecule has 0 aromatic carbocycles. The van der Waals surface area contributed by atoms with Crippen LogP contribution in [0.5, 0.6) is 0 Å². The lowest BCUT2D eigenvalue weighted by Crippen LogP contribution is -2.49. The van der Waals surface area contributed by atoms with Crippen molar-refractivity contribution in [1.29, 1.82) is 0 Å². The summed E-state index contributed by atoms with van der Waals surface area (Å²) in [4.78, 5) is 0. The molecule has 2 atom stereocenters. The average molecular weight is 181 g/mol. The third-order valence-electron chi connectivity index (χ3n) is 3.19. The minimum atomic E-state index is -0.597. The Morgan fingerprint density at radius 1 is 1.85 bits per heavy atom. The Labute approximate surface area is 77.1 Å². The minimum Gasteiger partial charge on any atom is -0.394 e. The summed E-state index contributed by atoms with van der Waals surface area (Å²) in [5.41, 5.74) is 7.61. The fraction of sp³-hybridized carbons (Fsp3) is 0.667. The number of hydrogen-bond acceptors (Lipinski definition) is 3. The summed E-state index contributed by atoms with van der Waals surface area (Å²) in [6.07, 6.45) is 3.73. The van der Waals surface area contributed by atoms with Crippen LogP contribution in [0.2, 0.25) is 0 Å². The number of hydrogen-bond donors (Lipinski definition) is 3. The molecular weight excluding hydrogens is 166 g/mol. The molecule has 1 aliphatic rings. The molecule has 0 radical (unpaired) electrons. The third kappa shape index (κ3) is 1.09. The first-order valence-corrected chi connectivity index (χ1v) is 4.61. The van der Waals surface area contributed by atoms with Gasteiger partial charge in [-0.3, -0.25) is 5.10 Å². The topological polar surface area (TPSA) is 74.9 Å². The quantitative estimate of drug-likeness (QED) is 0.577. The molecule has 1 aromatic rings. The van der Waals surface area contributed by atoms with E-state index < -0.39 is 5.54 Å². The number of nitrogens with zero attached hydrogens (tertiary/aromatic N) is 1. The lowest BCUT2D eigenvalue weighted by molar-refractivity contribution is 0.133. The zero-order chi connectivity index (χ0) is 9.47. The van der Waals surface area contributed by atoms with Gasteiger partial charge in [0.05, 0.1) is 18.3 Å². The molecule has 0 aliphatic heterocycles. The molecule has 1 aromatic heterocycles. The third-order valence-corrected chi connectivity index (χ3v) is 3.19. The molecule has 2 unspecified atom stereocenters. The van der Waals surface area contributed by atoms with Crippen LogP contribution in [0, 0.1) is 5.92 Å². The molecule has 0 saturated heterocycles. The maximum Gasteiger partial charge on any atom is 0.0703 e. The molecule has 13 heavy (non-hydrogen) atoms. The van der Waals surface area contributed by atoms with Gasteiger partial charge in [0, 0.05) is 11.3 Å². The zero-order valence-electron chi connectivity index (χ0n) is 7.75. The summed E-state index contributed by atoms with van der Waals surface area (Å²) in [6, 6.07) is 0. The number of aliphatic hydroxyl groups is 1. The molecule has 4 nitrogen and oxygen atoms in total. The molecule has 2 rings (SSSR count). The van der Waals surface area contributed by atoms with Crippen LogP contribution in [0.3, 0.4) is 0 Å². The molecular formula is C9H15N3O. The maximum atomic E-state index is 9.32. The molecule has 0 saturated carbocycles. The summed E-state index contributed by atoms with van der Waals surface area (Å²) in [5.74, 6) is 0.308. The van der Waals surface area contributed by atoms with Gasteiger partial charge < -0.3 is 10.8 Å². The molecule has 4 heteroatoms. The van der Waals surface area contributed by atoms with Gasteiger partial charge in [0.1, 0.15) is 0 Å². The zero-order valence-corrected chi connectivity index (χ0v) is 7.75. The summed E-state index contributed by atoms with van der Waals surface area (Å²) in [7, 11) is 0. The number of aliphatic hydroxyl groups excluding tert-OH is 1. The Morgan fingerprint density at radius 3 is 3.31 bits per heavy atom. The van der Waals surface area contributed by atoms with Crippen molar-refractivity contribution in [3.05, 3.63) is 17.5 Å². The van der Waals surface area contributed by atoms with Crippen LogP contribution < -0.4 is 5.73 Å². The number of nitrogens with one attached hydrogen (secondary N) is 1. The Hall–Kier alpha value is -0.870. The molecule has 0 amide bonds. The summed E-state index contributed by atoms with van der Waals surface area (Å²) < 4.78 is 0. The van der Waals surface area contributed by atoms with Crippen molar-refractivity contribution in [3.63, 3.8) is 0 Å². The van der Waals surface area contributed by atoms with Gasteiger partial charge >= 0.3 is 0 Å². The normalized spacial score (nSPS) is 33.0. The highest BCUT2D eigenvalue weighted by atomic mass is 16.3. The Bertz CT molecular complexity index is 310. The van der Waals surface area contributed by atoms with E-state index in [0.29, 0.717) is 5.92 Å². The SMILES string of the molecule is CC1CCc2[nH]ncc2C1(N)CO. The van der Waals surface area contributed by atoms with E-state index in [1.807, 2.05) is 0 Å². The van der Waals surface area contributed by atoms with Gasteiger partial charge in [0.2, 0.25) is 0 Å². The van der Waals surface area contributed by atoms with E-state index in [2.05, 4.69) is 17.1 Å². The van der Waals surface area contributed by atoms with Crippen LogP contribution >= 0.6 is 0 Å². The van der Waals surface area contributed by atoms with Gasteiger partial charge in [-0.15, -0.1) is 0 Å². The number of nitrogens with two attached hydrogens (primary N) is 1. The molecule has 0 fully saturated rings. The van der Waals surface area contributed by atoms with Crippen molar-refractivity contribution in [2.45, 2.75) is 25.3 Å². The van der Waals surface area contributed by atoms with Crippen LogP contribution in [0.4, 0.5) is 0 Å². The van der Waals surface area contributed by atoms with Crippen LogP contribution in [-0.2, 0) is 12.0 Å². The van der Waals surface area contributed by atoms with Crippen molar-refractivity contribution in [2.75, 3.05) is 6.61 Å². The standard InChI is InChI=1S/C9H15N3O/c1-6-2-3-8-7(4-11-12-8)9(6,10)5-13/h4,6,13H,2-3,5,10H2,1H3,(H,11,12). The van der Waals surface area contributed by atoms with E-state index >= 15 is 0 Å². The van der Waals surface area contributed by atoms with Crippen molar-refractivity contribution in [1.82, 2.24) is 10.2 Å². The van der Waals surface area contributed by atoms with Crippen LogP contribution in [0.1, 0.15) is 24.6 Å². The molecule has 72 valence electrons. The smallest absolute Gasteiger partial charge is 0.0703 e. The Kier molecular flexibility index (Phi) is 1.89. The Morgan fingerprint density at radius 2 is 2.62 bits per heavy atom. The van der Waals surface area contributed by atoms with Crippen molar-refractivity contribution >= 4 is 0 Å². The van der Waals surface area contributed by atoms with Gasteiger partial charge in [-0.25, -0.2) is 0 Å². The Balaban J connectivity index is 2.47. The first-order chi connectivity index (χ1) is 6.18. The largest absolute Gasteiger partial charge is 0.394 e. The maximum absolute atomic E-state index is 9.32. The van der Waals surface area contributed by atoms with Gasteiger partial charge in [-0.2, -0.15) is 5.10 Å². The van der Waals surface area contributed by atoms with Gasteiger partial charge in [0.15, 0.2) is 0 Å². The first-order valence-electron chi connectivity index (χ1n) is 4.61. The number of rotatable bonds is 1. The highest BCUT2D eigenvalue weighted by Crippen LogP contribution is 2.36. The van der Waals surface area contributed by atoms with Crippen LogP contribution in [-0.4, -0.2) is 21.9 Å². The molecule has 1 heterocycles. The van der Waals surface area contributed by atoms with E-state index in [1.54, 1.807) is 6.20 Å². The van der Waals surface area contributed by atoms with Crippen molar-refractivity contribution < 1.29 is 5.11 Å². The monoisotopic (exact) mass is 181 g/mol. The highest BCUT2D eigenvalue weighted by molar-refractivity contribution is 5.30. The van der Waals surface area contributed by atoms with Crippen LogP contribution in [0.25, 0.3) is 0 Å². The van der Waals surface area contributed by atoms with Gasteiger partial charge in [-0.05, 0) is 18.8 Å². The summed E-state index contributed by atoms with van der Waals surface area (Å²) >= 11 is 0. The second-order valence-electron chi connectivity index (χ2n) is 3.90. The second kappa shape index (κ2) is 2.82. The van der Waals surface area contributed by atoms with E-state index in [1.165, 1.54) is 0 Å². The molecule has 4 N–H and O–H groups in total. The van der Waals surface area contributed by atoms with Crippen molar-refractivity contribution in [2.24, 2.45) is 11.7 Å². The molecule has 0 bridgehead atoms. The van der Waals surface area contributed by atoms with Crippen molar-refractivity contribution in [3.8, 4) is 0 Å². The fourth-order valence-corrected chi connectivity index (χ4v) is 2.03.